The molecule has 0 aromatic heterocycles. The summed E-state index contributed by atoms with van der Waals surface area (Å²) in [5, 5.41) is 5.79. The third-order valence-electron chi connectivity index (χ3n) is 2.52. The molecule has 0 aliphatic carbocycles. The number of nitrogens with zero attached hydrogens (tertiary/aromatic N) is 2. The average Bonchev–Trinajstić information content (AvgIpc) is 2.61. The summed E-state index contributed by atoms with van der Waals surface area (Å²) in [6.45, 7) is 4.04. The quantitative estimate of drug-likeness (QED) is 0.725. The second-order valence-corrected chi connectivity index (χ2v) is 3.74. The van der Waals surface area contributed by atoms with E-state index in [0.717, 1.165) is 17.8 Å². The van der Waals surface area contributed by atoms with Crippen LogP contribution in [0.5, 0.6) is 0 Å². The van der Waals surface area contributed by atoms with Gasteiger partial charge in [0.2, 0.25) is 0 Å². The van der Waals surface area contributed by atoms with Crippen molar-refractivity contribution in [3.63, 3.8) is 0 Å². The van der Waals surface area contributed by atoms with Crippen LogP contribution in [0, 0.1) is 6.92 Å². The van der Waals surface area contributed by atoms with Crippen molar-refractivity contribution in [2.75, 3.05) is 5.01 Å². The standard InChI is InChI=1S/C12H14N2O/c1-3-10-8-12(15)14(13-10)11-6-4-9(2)5-7-11/h4-7H,3,8H2,1-2H3. The van der Waals surface area contributed by atoms with Crippen LogP contribution in [0.15, 0.2) is 29.4 Å². The zero-order valence-electron chi connectivity index (χ0n) is 9.03. The summed E-state index contributed by atoms with van der Waals surface area (Å²) in [6.07, 6.45) is 1.30. The predicted octanol–water partition coefficient (Wildman–Crippen LogP) is 2.50. The number of carbonyl (C=O) groups is 1. The van der Waals surface area contributed by atoms with E-state index in [2.05, 4.69) is 5.10 Å². The van der Waals surface area contributed by atoms with Crippen molar-refractivity contribution in [2.45, 2.75) is 26.7 Å². The number of hydrogen-bond donors (Lipinski definition) is 0. The van der Waals surface area contributed by atoms with Gasteiger partial charge in [0.15, 0.2) is 0 Å². The molecule has 2 rings (SSSR count). The Morgan fingerprint density at radius 2 is 2.00 bits per heavy atom. The van der Waals surface area contributed by atoms with Crippen molar-refractivity contribution in [2.24, 2.45) is 5.10 Å². The zero-order chi connectivity index (χ0) is 10.8. The molecule has 1 aliphatic heterocycles. The highest BCUT2D eigenvalue weighted by Crippen LogP contribution is 2.21. The summed E-state index contributed by atoms with van der Waals surface area (Å²) in [7, 11) is 0. The second kappa shape index (κ2) is 3.85. The Hall–Kier alpha value is -1.64. The Morgan fingerprint density at radius 1 is 1.33 bits per heavy atom. The molecule has 0 N–H and O–H groups in total. The van der Waals surface area contributed by atoms with E-state index >= 15 is 0 Å². The summed E-state index contributed by atoms with van der Waals surface area (Å²) >= 11 is 0. The monoisotopic (exact) mass is 202 g/mol. The summed E-state index contributed by atoms with van der Waals surface area (Å²) in [5.41, 5.74) is 3.00. The number of rotatable bonds is 2. The van der Waals surface area contributed by atoms with Crippen LogP contribution >= 0.6 is 0 Å². The van der Waals surface area contributed by atoms with Crippen molar-refractivity contribution in [3.8, 4) is 0 Å². The fourth-order valence-corrected chi connectivity index (χ4v) is 1.57. The zero-order valence-corrected chi connectivity index (χ0v) is 9.03. The van der Waals surface area contributed by atoms with Crippen molar-refractivity contribution < 1.29 is 4.79 Å². The molecule has 3 heteroatoms. The molecule has 0 spiro atoms. The van der Waals surface area contributed by atoms with Gasteiger partial charge in [0.05, 0.1) is 12.1 Å². The van der Waals surface area contributed by atoms with Gasteiger partial charge in [0, 0.05) is 5.71 Å². The number of anilines is 1. The molecule has 1 aromatic rings. The first-order valence-corrected chi connectivity index (χ1v) is 5.16. The Morgan fingerprint density at radius 3 is 2.53 bits per heavy atom. The summed E-state index contributed by atoms with van der Waals surface area (Å²) < 4.78 is 0. The van der Waals surface area contributed by atoms with Crippen LogP contribution in [-0.2, 0) is 4.79 Å². The minimum absolute atomic E-state index is 0.0655. The molecule has 0 saturated carbocycles. The topological polar surface area (TPSA) is 32.7 Å². The molecular weight excluding hydrogens is 188 g/mol. The molecule has 0 unspecified atom stereocenters. The first kappa shape index (κ1) is 9.90. The first-order valence-electron chi connectivity index (χ1n) is 5.16. The van der Waals surface area contributed by atoms with E-state index in [1.165, 1.54) is 10.6 Å². The molecule has 1 aliphatic rings. The number of carbonyl (C=O) groups excluding carboxylic acids is 1. The van der Waals surface area contributed by atoms with Gasteiger partial charge in [-0.05, 0) is 25.5 Å². The molecule has 15 heavy (non-hydrogen) atoms. The molecule has 0 radical (unpaired) electrons. The maximum absolute atomic E-state index is 11.6. The van der Waals surface area contributed by atoms with Crippen molar-refractivity contribution in [1.82, 2.24) is 0 Å². The molecule has 1 amide bonds. The lowest BCUT2D eigenvalue weighted by atomic mass is 10.2. The third-order valence-corrected chi connectivity index (χ3v) is 2.52. The largest absolute Gasteiger partial charge is 0.272 e. The van der Waals surface area contributed by atoms with Gasteiger partial charge in [0.25, 0.3) is 5.91 Å². The maximum Gasteiger partial charge on any atom is 0.253 e. The minimum Gasteiger partial charge on any atom is -0.272 e. The normalized spacial score (nSPS) is 15.7. The van der Waals surface area contributed by atoms with Gasteiger partial charge in [-0.15, -0.1) is 0 Å². The summed E-state index contributed by atoms with van der Waals surface area (Å²) in [6, 6.07) is 7.83. The van der Waals surface area contributed by atoms with Gasteiger partial charge in [-0.3, -0.25) is 4.79 Å². The van der Waals surface area contributed by atoms with Gasteiger partial charge in [-0.2, -0.15) is 5.10 Å². The van der Waals surface area contributed by atoms with E-state index in [4.69, 9.17) is 0 Å². The van der Waals surface area contributed by atoms with Gasteiger partial charge in [-0.25, -0.2) is 5.01 Å². The smallest absolute Gasteiger partial charge is 0.253 e. The molecule has 0 fully saturated rings. The molecule has 78 valence electrons. The van der Waals surface area contributed by atoms with E-state index in [1.807, 2.05) is 38.1 Å². The Labute approximate surface area is 89.4 Å². The number of benzene rings is 1. The van der Waals surface area contributed by atoms with Crippen LogP contribution < -0.4 is 5.01 Å². The highest BCUT2D eigenvalue weighted by atomic mass is 16.2. The Balaban J connectivity index is 2.28. The van der Waals surface area contributed by atoms with E-state index in [1.54, 1.807) is 0 Å². The Kier molecular flexibility index (Phi) is 2.54. The minimum atomic E-state index is 0.0655. The van der Waals surface area contributed by atoms with Gasteiger partial charge >= 0.3 is 0 Å². The lowest BCUT2D eigenvalue weighted by Crippen LogP contribution is -2.19. The van der Waals surface area contributed by atoms with Crippen LogP contribution in [0.4, 0.5) is 5.69 Å². The van der Waals surface area contributed by atoms with E-state index in [-0.39, 0.29) is 5.91 Å². The van der Waals surface area contributed by atoms with Crippen molar-refractivity contribution in [1.29, 1.82) is 0 Å². The maximum atomic E-state index is 11.6. The van der Waals surface area contributed by atoms with Gasteiger partial charge in [0.1, 0.15) is 0 Å². The number of amides is 1. The third kappa shape index (κ3) is 1.91. The molecule has 0 atom stereocenters. The van der Waals surface area contributed by atoms with Gasteiger partial charge < -0.3 is 0 Å². The van der Waals surface area contributed by atoms with Gasteiger partial charge in [-0.1, -0.05) is 24.6 Å². The Bertz CT molecular complexity index is 406. The molecular formula is C12H14N2O. The second-order valence-electron chi connectivity index (χ2n) is 3.74. The summed E-state index contributed by atoms with van der Waals surface area (Å²) in [5.74, 6) is 0.0655. The van der Waals surface area contributed by atoms with Crippen LogP contribution in [0.25, 0.3) is 0 Å². The molecule has 0 saturated heterocycles. The summed E-state index contributed by atoms with van der Waals surface area (Å²) in [4.78, 5) is 11.6. The highest BCUT2D eigenvalue weighted by molar-refractivity contribution is 6.12. The average molecular weight is 202 g/mol. The van der Waals surface area contributed by atoms with Crippen molar-refractivity contribution >= 4 is 17.3 Å². The van der Waals surface area contributed by atoms with Crippen LogP contribution in [0.3, 0.4) is 0 Å². The molecule has 3 nitrogen and oxygen atoms in total. The fourth-order valence-electron chi connectivity index (χ4n) is 1.57. The van der Waals surface area contributed by atoms with E-state index in [9.17, 15) is 4.79 Å². The highest BCUT2D eigenvalue weighted by Gasteiger charge is 2.23. The number of hydrazone groups is 1. The van der Waals surface area contributed by atoms with E-state index < -0.39 is 0 Å². The lowest BCUT2D eigenvalue weighted by Gasteiger charge is -2.11. The van der Waals surface area contributed by atoms with E-state index in [0.29, 0.717) is 6.42 Å². The molecule has 1 heterocycles. The predicted molar refractivity (Wildman–Crippen MR) is 61.0 cm³/mol. The van der Waals surface area contributed by atoms with Crippen molar-refractivity contribution in [3.05, 3.63) is 29.8 Å². The fraction of sp³-hybridized carbons (Fsp3) is 0.333. The number of aryl methyl sites for hydroxylation is 1. The van der Waals surface area contributed by atoms with Crippen LogP contribution in [0.1, 0.15) is 25.3 Å². The number of hydrogen-bond acceptors (Lipinski definition) is 2. The molecule has 1 aromatic carbocycles. The van der Waals surface area contributed by atoms with Crippen LogP contribution in [-0.4, -0.2) is 11.6 Å². The lowest BCUT2D eigenvalue weighted by molar-refractivity contribution is -0.116. The first-order chi connectivity index (χ1) is 7.20. The van der Waals surface area contributed by atoms with Crippen LogP contribution in [0.2, 0.25) is 0 Å². The molecule has 0 bridgehead atoms. The SMILES string of the molecule is CCC1=NN(c2ccc(C)cc2)C(=O)C1.